The largest absolute Gasteiger partial charge is 0.392 e. The van der Waals surface area contributed by atoms with Gasteiger partial charge in [-0.3, -0.25) is 4.98 Å². The minimum Gasteiger partial charge on any atom is -0.392 e. The number of rotatable bonds is 2. The van der Waals surface area contributed by atoms with Crippen molar-refractivity contribution in [3.05, 3.63) is 54.1 Å². The molecule has 0 spiro atoms. The predicted molar refractivity (Wildman–Crippen MR) is 55.6 cm³/mol. The Morgan fingerprint density at radius 1 is 1.13 bits per heavy atom. The fourth-order valence-corrected chi connectivity index (χ4v) is 1.42. The summed E-state index contributed by atoms with van der Waals surface area (Å²) in [7, 11) is 0. The van der Waals surface area contributed by atoms with Crippen LogP contribution in [0.1, 0.15) is 5.56 Å². The average Bonchev–Trinajstić information content (AvgIpc) is 2.29. The third-order valence-electron chi connectivity index (χ3n) is 2.15. The van der Waals surface area contributed by atoms with Crippen molar-refractivity contribution in [1.29, 1.82) is 0 Å². The summed E-state index contributed by atoms with van der Waals surface area (Å²) in [6.07, 6.45) is 2.76. The number of aliphatic hydroxyl groups excluding tert-OH is 1. The summed E-state index contributed by atoms with van der Waals surface area (Å²) in [5.41, 5.74) is 2.37. The molecule has 0 aliphatic heterocycles. The van der Waals surface area contributed by atoms with Crippen molar-refractivity contribution in [2.75, 3.05) is 0 Å². The van der Waals surface area contributed by atoms with E-state index in [9.17, 15) is 4.39 Å². The molecule has 1 aromatic heterocycles. The standard InChI is InChI=1S/C12H10FNO/c13-12-5-11(6-14-7-12)10-3-1-2-9(4-10)8-15/h1-7,15H,8H2. The quantitative estimate of drug-likeness (QED) is 0.812. The van der Waals surface area contributed by atoms with Crippen LogP contribution in [-0.4, -0.2) is 10.1 Å². The van der Waals surface area contributed by atoms with Gasteiger partial charge in [0, 0.05) is 11.8 Å². The summed E-state index contributed by atoms with van der Waals surface area (Å²) in [6.45, 7) is -0.0173. The second-order valence-corrected chi connectivity index (χ2v) is 3.25. The molecule has 0 aliphatic rings. The van der Waals surface area contributed by atoms with E-state index >= 15 is 0 Å². The fourth-order valence-electron chi connectivity index (χ4n) is 1.42. The van der Waals surface area contributed by atoms with Crippen LogP contribution in [0, 0.1) is 5.82 Å². The van der Waals surface area contributed by atoms with Crippen molar-refractivity contribution in [2.45, 2.75) is 6.61 Å². The minimum absolute atomic E-state index is 0.0173. The Bertz CT molecular complexity index is 471. The first kappa shape index (κ1) is 9.80. The molecule has 0 atom stereocenters. The van der Waals surface area contributed by atoms with Crippen molar-refractivity contribution < 1.29 is 9.50 Å². The zero-order valence-corrected chi connectivity index (χ0v) is 8.02. The second-order valence-electron chi connectivity index (χ2n) is 3.25. The van der Waals surface area contributed by atoms with Crippen molar-refractivity contribution >= 4 is 0 Å². The van der Waals surface area contributed by atoms with E-state index in [-0.39, 0.29) is 12.4 Å². The number of aliphatic hydroxyl groups is 1. The highest BCUT2D eigenvalue weighted by atomic mass is 19.1. The van der Waals surface area contributed by atoms with Gasteiger partial charge in [-0.2, -0.15) is 0 Å². The first-order chi connectivity index (χ1) is 7.29. The number of halogens is 1. The van der Waals surface area contributed by atoms with Crippen LogP contribution in [0.25, 0.3) is 11.1 Å². The number of nitrogens with zero attached hydrogens (tertiary/aromatic N) is 1. The smallest absolute Gasteiger partial charge is 0.142 e. The van der Waals surface area contributed by atoms with Crippen LogP contribution in [0.15, 0.2) is 42.7 Å². The lowest BCUT2D eigenvalue weighted by molar-refractivity contribution is 0.282. The zero-order chi connectivity index (χ0) is 10.7. The Morgan fingerprint density at radius 3 is 2.73 bits per heavy atom. The Hall–Kier alpha value is -1.74. The highest BCUT2D eigenvalue weighted by molar-refractivity contribution is 5.63. The summed E-state index contributed by atoms with van der Waals surface area (Å²) in [4.78, 5) is 3.78. The lowest BCUT2D eigenvalue weighted by atomic mass is 10.1. The molecular weight excluding hydrogens is 193 g/mol. The number of hydrogen-bond donors (Lipinski definition) is 1. The molecule has 1 N–H and O–H groups in total. The molecule has 0 radical (unpaired) electrons. The van der Waals surface area contributed by atoms with Crippen molar-refractivity contribution in [2.24, 2.45) is 0 Å². The summed E-state index contributed by atoms with van der Waals surface area (Å²) >= 11 is 0. The van der Waals surface area contributed by atoms with Gasteiger partial charge in [0.1, 0.15) is 5.82 Å². The number of benzene rings is 1. The van der Waals surface area contributed by atoms with E-state index < -0.39 is 0 Å². The molecule has 0 bridgehead atoms. The van der Waals surface area contributed by atoms with E-state index in [0.717, 1.165) is 11.1 Å². The highest BCUT2D eigenvalue weighted by Gasteiger charge is 2.00. The van der Waals surface area contributed by atoms with Gasteiger partial charge in [-0.1, -0.05) is 18.2 Å². The molecule has 2 rings (SSSR count). The fraction of sp³-hybridized carbons (Fsp3) is 0.0833. The van der Waals surface area contributed by atoms with Crippen LogP contribution in [0.4, 0.5) is 4.39 Å². The van der Waals surface area contributed by atoms with Gasteiger partial charge in [-0.25, -0.2) is 4.39 Å². The maximum absolute atomic E-state index is 12.9. The third-order valence-corrected chi connectivity index (χ3v) is 2.15. The lowest BCUT2D eigenvalue weighted by Crippen LogP contribution is -1.86. The van der Waals surface area contributed by atoms with Crippen molar-refractivity contribution in [3.63, 3.8) is 0 Å². The molecule has 15 heavy (non-hydrogen) atoms. The van der Waals surface area contributed by atoms with Crippen LogP contribution in [-0.2, 0) is 6.61 Å². The molecule has 3 heteroatoms. The van der Waals surface area contributed by atoms with Crippen LogP contribution in [0.5, 0.6) is 0 Å². The molecule has 0 saturated heterocycles. The van der Waals surface area contributed by atoms with Crippen LogP contribution >= 0.6 is 0 Å². The van der Waals surface area contributed by atoms with E-state index in [4.69, 9.17) is 5.11 Å². The number of hydrogen-bond acceptors (Lipinski definition) is 2. The Balaban J connectivity index is 2.44. The summed E-state index contributed by atoms with van der Waals surface area (Å²) in [6, 6.07) is 8.73. The molecule has 2 aromatic rings. The molecule has 0 aliphatic carbocycles. The lowest BCUT2D eigenvalue weighted by Gasteiger charge is -2.03. The first-order valence-corrected chi connectivity index (χ1v) is 4.60. The SMILES string of the molecule is OCc1cccc(-c2cncc(F)c2)c1. The topological polar surface area (TPSA) is 33.1 Å². The molecule has 1 heterocycles. The monoisotopic (exact) mass is 203 g/mol. The molecule has 1 aromatic carbocycles. The van der Waals surface area contributed by atoms with Gasteiger partial charge >= 0.3 is 0 Å². The normalized spacial score (nSPS) is 10.3. The van der Waals surface area contributed by atoms with E-state index in [2.05, 4.69) is 4.98 Å². The van der Waals surface area contributed by atoms with E-state index in [1.54, 1.807) is 6.20 Å². The summed E-state index contributed by atoms with van der Waals surface area (Å²) < 4.78 is 12.9. The average molecular weight is 203 g/mol. The highest BCUT2D eigenvalue weighted by Crippen LogP contribution is 2.20. The van der Waals surface area contributed by atoms with E-state index in [1.165, 1.54) is 12.3 Å². The molecule has 0 unspecified atom stereocenters. The van der Waals surface area contributed by atoms with Crippen LogP contribution in [0.2, 0.25) is 0 Å². The second kappa shape index (κ2) is 4.19. The maximum atomic E-state index is 12.9. The van der Waals surface area contributed by atoms with Crippen LogP contribution < -0.4 is 0 Å². The predicted octanol–water partition coefficient (Wildman–Crippen LogP) is 2.38. The molecular formula is C12H10FNO. The molecule has 0 amide bonds. The van der Waals surface area contributed by atoms with E-state index in [1.807, 2.05) is 24.3 Å². The number of pyridine rings is 1. The first-order valence-electron chi connectivity index (χ1n) is 4.60. The Kier molecular flexibility index (Phi) is 2.74. The van der Waals surface area contributed by atoms with Gasteiger partial charge < -0.3 is 5.11 Å². The molecule has 0 saturated carbocycles. The van der Waals surface area contributed by atoms with Gasteiger partial charge in [0.15, 0.2) is 0 Å². The minimum atomic E-state index is -0.359. The molecule has 76 valence electrons. The summed E-state index contributed by atoms with van der Waals surface area (Å²) in [5.74, 6) is -0.359. The maximum Gasteiger partial charge on any atom is 0.142 e. The van der Waals surface area contributed by atoms with Crippen molar-refractivity contribution in [1.82, 2.24) is 4.98 Å². The van der Waals surface area contributed by atoms with Gasteiger partial charge in [0.25, 0.3) is 0 Å². The van der Waals surface area contributed by atoms with Crippen LogP contribution in [0.3, 0.4) is 0 Å². The Labute approximate surface area is 87.0 Å². The third kappa shape index (κ3) is 2.19. The van der Waals surface area contributed by atoms with Gasteiger partial charge in [-0.05, 0) is 23.3 Å². The molecule has 0 fully saturated rings. The summed E-state index contributed by atoms with van der Waals surface area (Å²) in [5, 5.41) is 8.97. The zero-order valence-electron chi connectivity index (χ0n) is 8.02. The number of aromatic nitrogens is 1. The van der Waals surface area contributed by atoms with Gasteiger partial charge in [0.05, 0.1) is 12.8 Å². The van der Waals surface area contributed by atoms with E-state index in [0.29, 0.717) is 5.56 Å². The molecule has 2 nitrogen and oxygen atoms in total. The Morgan fingerprint density at radius 2 is 2.00 bits per heavy atom. The van der Waals surface area contributed by atoms with Crippen molar-refractivity contribution in [3.8, 4) is 11.1 Å². The van der Waals surface area contributed by atoms with Gasteiger partial charge in [0.2, 0.25) is 0 Å². The van der Waals surface area contributed by atoms with Gasteiger partial charge in [-0.15, -0.1) is 0 Å².